The number of phenolic OH excluding ortho intramolecular Hbond substituents is 1. The molecule has 2 N–H and O–H groups in total. The number of H-pyrrole nitrogens is 1. The third-order valence-corrected chi connectivity index (χ3v) is 4.91. The number of aromatic amines is 1. The Kier molecular flexibility index (Phi) is 3.50. The summed E-state index contributed by atoms with van der Waals surface area (Å²) in [6, 6.07) is 11.0. The zero-order chi connectivity index (χ0) is 14.1. The predicted octanol–water partition coefficient (Wildman–Crippen LogP) is 3.54. The first kappa shape index (κ1) is 13.2. The second-order valence-corrected chi connectivity index (χ2v) is 5.90. The molecule has 0 spiro atoms. The maximum Gasteiger partial charge on any atom is 0.266 e. The zero-order valence-electron chi connectivity index (χ0n) is 10.1. The maximum absolute atomic E-state index is 11.6. The van der Waals surface area contributed by atoms with Gasteiger partial charge in [-0.2, -0.15) is 0 Å². The van der Waals surface area contributed by atoms with Gasteiger partial charge in [-0.1, -0.05) is 36.0 Å². The van der Waals surface area contributed by atoms with Crippen molar-refractivity contribution < 1.29 is 5.11 Å². The minimum Gasteiger partial charge on any atom is -0.507 e. The number of nitrogens with zero attached hydrogens (tertiary/aromatic N) is 1. The van der Waals surface area contributed by atoms with Gasteiger partial charge in [0, 0.05) is 10.3 Å². The third-order valence-electron chi connectivity index (χ3n) is 2.83. The molecule has 0 fully saturated rings. The molecule has 2 aromatic carbocycles. The molecule has 1 aromatic heterocycles. The normalized spacial score (nSPS) is 10.8. The van der Waals surface area contributed by atoms with Crippen molar-refractivity contribution in [2.45, 2.75) is 9.92 Å². The number of nitrogens with one attached hydrogen (secondary N) is 1. The minimum atomic E-state index is -0.217. The van der Waals surface area contributed by atoms with Crippen LogP contribution in [0.25, 0.3) is 10.8 Å². The SMILES string of the molecule is O=c1[nH]cnc(Sc2ccc(O)c3ccccc23)c1Br. The molecule has 0 saturated heterocycles. The molecule has 0 saturated carbocycles. The summed E-state index contributed by atoms with van der Waals surface area (Å²) in [5, 5.41) is 12.2. The summed E-state index contributed by atoms with van der Waals surface area (Å²) in [5.74, 6) is 0.239. The second-order valence-electron chi connectivity index (χ2n) is 4.08. The Hall–Kier alpha value is -1.79. The van der Waals surface area contributed by atoms with E-state index in [2.05, 4.69) is 25.9 Å². The van der Waals surface area contributed by atoms with Crippen molar-refractivity contribution in [2.24, 2.45) is 0 Å². The van der Waals surface area contributed by atoms with Crippen molar-refractivity contribution >= 4 is 38.5 Å². The van der Waals surface area contributed by atoms with Gasteiger partial charge in [0.2, 0.25) is 0 Å². The van der Waals surface area contributed by atoms with Gasteiger partial charge in [-0.05, 0) is 33.4 Å². The first-order chi connectivity index (χ1) is 9.66. The lowest BCUT2D eigenvalue weighted by atomic mass is 10.1. The molecule has 0 atom stereocenters. The molecule has 0 unspecified atom stereocenters. The number of aromatic nitrogens is 2. The van der Waals surface area contributed by atoms with Crippen LogP contribution in [0.2, 0.25) is 0 Å². The van der Waals surface area contributed by atoms with Crippen molar-refractivity contribution in [3.05, 3.63) is 57.6 Å². The predicted molar refractivity (Wildman–Crippen MR) is 82.3 cm³/mol. The summed E-state index contributed by atoms with van der Waals surface area (Å²) in [5.41, 5.74) is -0.217. The van der Waals surface area contributed by atoms with Gasteiger partial charge in [0.05, 0.1) is 6.33 Å². The van der Waals surface area contributed by atoms with Crippen molar-refractivity contribution in [1.82, 2.24) is 9.97 Å². The summed E-state index contributed by atoms with van der Waals surface area (Å²) in [7, 11) is 0. The summed E-state index contributed by atoms with van der Waals surface area (Å²) in [6.45, 7) is 0. The van der Waals surface area contributed by atoms with Gasteiger partial charge in [-0.3, -0.25) is 4.79 Å². The number of halogens is 1. The van der Waals surface area contributed by atoms with Crippen LogP contribution in [0.1, 0.15) is 0 Å². The van der Waals surface area contributed by atoms with Crippen molar-refractivity contribution in [2.75, 3.05) is 0 Å². The number of phenols is 1. The highest BCUT2D eigenvalue weighted by atomic mass is 79.9. The largest absolute Gasteiger partial charge is 0.507 e. The van der Waals surface area contributed by atoms with Crippen LogP contribution in [0.3, 0.4) is 0 Å². The second kappa shape index (κ2) is 5.30. The van der Waals surface area contributed by atoms with Gasteiger partial charge in [0.15, 0.2) is 0 Å². The number of benzene rings is 2. The van der Waals surface area contributed by atoms with Crippen molar-refractivity contribution in [3.8, 4) is 5.75 Å². The Morgan fingerprint density at radius 2 is 1.90 bits per heavy atom. The average molecular weight is 349 g/mol. The van der Waals surface area contributed by atoms with Crippen LogP contribution in [-0.4, -0.2) is 15.1 Å². The molecular formula is C14H9BrN2O2S. The van der Waals surface area contributed by atoms with E-state index in [0.29, 0.717) is 9.50 Å². The van der Waals surface area contributed by atoms with E-state index in [1.165, 1.54) is 18.1 Å². The fourth-order valence-corrected chi connectivity index (χ4v) is 3.27. The average Bonchev–Trinajstić information content (AvgIpc) is 2.47. The Balaban J connectivity index is 2.14. The molecule has 0 aliphatic heterocycles. The highest BCUT2D eigenvalue weighted by molar-refractivity contribution is 9.10. The molecule has 1 heterocycles. The Labute approximate surface area is 127 Å². The van der Waals surface area contributed by atoms with E-state index < -0.39 is 0 Å². The van der Waals surface area contributed by atoms with Gasteiger partial charge >= 0.3 is 0 Å². The standard InChI is InChI=1S/C14H9BrN2O2S/c15-12-13(19)16-7-17-14(12)20-11-6-5-10(18)8-3-1-2-4-9(8)11/h1-7,18H,(H,16,17,19). The molecule has 6 heteroatoms. The van der Waals surface area contributed by atoms with E-state index in [9.17, 15) is 9.90 Å². The minimum absolute atomic E-state index is 0.217. The Bertz CT molecular complexity index is 848. The van der Waals surface area contributed by atoms with Crippen molar-refractivity contribution in [3.63, 3.8) is 0 Å². The van der Waals surface area contributed by atoms with Gasteiger partial charge in [0.25, 0.3) is 5.56 Å². The van der Waals surface area contributed by atoms with Crippen LogP contribution in [0.4, 0.5) is 0 Å². The molecule has 0 aliphatic rings. The van der Waals surface area contributed by atoms with Crippen LogP contribution in [0, 0.1) is 0 Å². The summed E-state index contributed by atoms with van der Waals surface area (Å²) in [4.78, 5) is 19.1. The third kappa shape index (κ3) is 2.32. The highest BCUT2D eigenvalue weighted by Crippen LogP contribution is 2.37. The smallest absolute Gasteiger partial charge is 0.266 e. The van der Waals surface area contributed by atoms with E-state index in [0.717, 1.165) is 15.7 Å². The number of rotatable bonds is 2. The molecule has 3 rings (SSSR count). The van der Waals surface area contributed by atoms with E-state index in [4.69, 9.17) is 0 Å². The fourth-order valence-electron chi connectivity index (χ4n) is 1.89. The fraction of sp³-hybridized carbons (Fsp3) is 0. The van der Waals surface area contributed by atoms with E-state index in [-0.39, 0.29) is 11.3 Å². The molecule has 4 nitrogen and oxygen atoms in total. The van der Waals surface area contributed by atoms with Crippen LogP contribution in [-0.2, 0) is 0 Å². The molecular weight excluding hydrogens is 340 g/mol. The first-order valence-electron chi connectivity index (χ1n) is 5.78. The van der Waals surface area contributed by atoms with Crippen LogP contribution < -0.4 is 5.56 Å². The van der Waals surface area contributed by atoms with Gasteiger partial charge in [-0.15, -0.1) is 0 Å². The molecule has 0 aliphatic carbocycles. The molecule has 100 valence electrons. The topological polar surface area (TPSA) is 66.0 Å². The van der Waals surface area contributed by atoms with Gasteiger partial charge < -0.3 is 10.1 Å². The van der Waals surface area contributed by atoms with Crippen LogP contribution >= 0.6 is 27.7 Å². The Morgan fingerprint density at radius 3 is 2.70 bits per heavy atom. The highest BCUT2D eigenvalue weighted by Gasteiger charge is 2.11. The summed E-state index contributed by atoms with van der Waals surface area (Å²) in [6.07, 6.45) is 1.37. The summed E-state index contributed by atoms with van der Waals surface area (Å²) < 4.78 is 0.405. The molecule has 0 bridgehead atoms. The van der Waals surface area contributed by atoms with Crippen LogP contribution in [0.5, 0.6) is 5.75 Å². The molecule has 3 aromatic rings. The lowest BCUT2D eigenvalue weighted by molar-refractivity contribution is 0.481. The number of hydrogen-bond acceptors (Lipinski definition) is 4. The first-order valence-corrected chi connectivity index (χ1v) is 7.39. The van der Waals surface area contributed by atoms with Crippen molar-refractivity contribution in [1.29, 1.82) is 0 Å². The van der Waals surface area contributed by atoms with E-state index in [1.54, 1.807) is 6.07 Å². The number of hydrogen-bond donors (Lipinski definition) is 2. The van der Waals surface area contributed by atoms with E-state index >= 15 is 0 Å². The lowest BCUT2D eigenvalue weighted by Gasteiger charge is -2.07. The molecule has 0 amide bonds. The maximum atomic E-state index is 11.6. The molecule has 20 heavy (non-hydrogen) atoms. The van der Waals surface area contributed by atoms with E-state index in [1.807, 2.05) is 30.3 Å². The zero-order valence-corrected chi connectivity index (χ0v) is 12.5. The summed E-state index contributed by atoms with van der Waals surface area (Å²) >= 11 is 4.62. The lowest BCUT2D eigenvalue weighted by Crippen LogP contribution is -2.07. The van der Waals surface area contributed by atoms with Gasteiger partial charge in [-0.25, -0.2) is 4.98 Å². The van der Waals surface area contributed by atoms with Gasteiger partial charge in [0.1, 0.15) is 15.2 Å². The Morgan fingerprint density at radius 1 is 1.15 bits per heavy atom. The monoisotopic (exact) mass is 348 g/mol. The molecule has 0 radical (unpaired) electrons. The van der Waals surface area contributed by atoms with Crippen LogP contribution in [0.15, 0.2) is 61.9 Å². The quantitative estimate of drug-likeness (QED) is 0.695. The number of fused-ring (bicyclic) bond motifs is 1. The number of aromatic hydroxyl groups is 1.